The number of nitrogens with one attached hydrogen (secondary N) is 1. The van der Waals surface area contributed by atoms with Crippen LogP contribution in [0.1, 0.15) is 0 Å². The second-order valence-electron chi connectivity index (χ2n) is 3.70. The molecule has 2 rings (SSSR count). The van der Waals surface area contributed by atoms with Crippen molar-refractivity contribution in [1.29, 1.82) is 0 Å². The molecule has 1 saturated heterocycles. The number of aliphatic carboxylic acids is 1. The lowest BCUT2D eigenvalue weighted by molar-refractivity contribution is -0.154. The highest BCUT2D eigenvalue weighted by molar-refractivity contribution is 5.89. The molecule has 1 unspecified atom stereocenters. The number of carboxylic acids is 1. The number of anilines is 1. The zero-order valence-electron chi connectivity index (χ0n) is 9.44. The maximum Gasteiger partial charge on any atom is 0.334 e. The van der Waals surface area contributed by atoms with E-state index in [1.54, 1.807) is 0 Å². The number of morpholine rings is 1. The van der Waals surface area contributed by atoms with Crippen LogP contribution in [0.3, 0.4) is 0 Å². The number of rotatable bonds is 2. The van der Waals surface area contributed by atoms with Gasteiger partial charge in [-0.15, -0.1) is 0 Å². The minimum Gasteiger partial charge on any atom is -0.479 e. The zero-order valence-corrected chi connectivity index (χ0v) is 9.44. The van der Waals surface area contributed by atoms with Gasteiger partial charge in [0.2, 0.25) is 0 Å². The van der Waals surface area contributed by atoms with Gasteiger partial charge in [0.1, 0.15) is 6.33 Å². The summed E-state index contributed by atoms with van der Waals surface area (Å²) in [5.41, 5.74) is 0.459. The van der Waals surface area contributed by atoms with E-state index in [0.717, 1.165) is 0 Å². The summed E-state index contributed by atoms with van der Waals surface area (Å²) in [5, 5.41) is 11.4. The van der Waals surface area contributed by atoms with Crippen molar-refractivity contribution in [3.05, 3.63) is 18.7 Å². The molecule has 2 heterocycles. The summed E-state index contributed by atoms with van der Waals surface area (Å²) < 4.78 is 5.02. The highest BCUT2D eigenvalue weighted by atomic mass is 16.5. The lowest BCUT2D eigenvalue weighted by Gasteiger charge is -2.30. The first-order valence-electron chi connectivity index (χ1n) is 5.32. The Bertz CT molecular complexity index is 439. The van der Waals surface area contributed by atoms with Crippen LogP contribution in [0.5, 0.6) is 0 Å². The number of ether oxygens (including phenoxy) is 1. The average molecular weight is 252 g/mol. The van der Waals surface area contributed by atoms with Crippen LogP contribution in [-0.2, 0) is 9.53 Å². The molecule has 1 aliphatic rings. The van der Waals surface area contributed by atoms with Gasteiger partial charge in [0.15, 0.2) is 6.10 Å². The Labute approximate surface area is 103 Å². The van der Waals surface area contributed by atoms with Gasteiger partial charge in [-0.1, -0.05) is 0 Å². The third kappa shape index (κ3) is 2.92. The number of nitrogens with zero attached hydrogens (tertiary/aromatic N) is 3. The van der Waals surface area contributed by atoms with Gasteiger partial charge < -0.3 is 20.1 Å². The number of carbonyl (C=O) groups excluding carboxylic acids is 1. The largest absolute Gasteiger partial charge is 0.479 e. The van der Waals surface area contributed by atoms with E-state index >= 15 is 0 Å². The van der Waals surface area contributed by atoms with Crippen LogP contribution in [0.2, 0.25) is 0 Å². The van der Waals surface area contributed by atoms with Crippen LogP contribution in [0.15, 0.2) is 18.7 Å². The van der Waals surface area contributed by atoms with Gasteiger partial charge in [0.05, 0.1) is 31.2 Å². The number of aromatic nitrogens is 2. The Morgan fingerprint density at radius 3 is 2.83 bits per heavy atom. The Hall–Kier alpha value is -2.22. The summed E-state index contributed by atoms with van der Waals surface area (Å²) >= 11 is 0. The van der Waals surface area contributed by atoms with Crippen LogP contribution in [0.25, 0.3) is 0 Å². The molecule has 8 nitrogen and oxygen atoms in total. The fraction of sp³-hybridized carbons (Fsp3) is 0.400. The Kier molecular flexibility index (Phi) is 3.68. The van der Waals surface area contributed by atoms with Gasteiger partial charge in [0, 0.05) is 6.54 Å². The van der Waals surface area contributed by atoms with E-state index in [1.165, 1.54) is 23.6 Å². The predicted octanol–water partition coefficient (Wildman–Crippen LogP) is -0.206. The molecule has 1 fully saturated rings. The Morgan fingerprint density at radius 2 is 2.17 bits per heavy atom. The van der Waals surface area contributed by atoms with E-state index in [2.05, 4.69) is 15.3 Å². The molecule has 0 saturated carbocycles. The number of hydrogen-bond acceptors (Lipinski definition) is 5. The minimum atomic E-state index is -1.07. The quantitative estimate of drug-likeness (QED) is 0.754. The molecule has 2 N–H and O–H groups in total. The molecule has 8 heteroatoms. The second-order valence-corrected chi connectivity index (χ2v) is 3.70. The highest BCUT2D eigenvalue weighted by Gasteiger charge is 2.28. The van der Waals surface area contributed by atoms with Crippen LogP contribution < -0.4 is 5.32 Å². The van der Waals surface area contributed by atoms with Crippen molar-refractivity contribution in [2.24, 2.45) is 0 Å². The highest BCUT2D eigenvalue weighted by Crippen LogP contribution is 2.08. The normalized spacial score (nSPS) is 19.3. The first kappa shape index (κ1) is 12.2. The maximum absolute atomic E-state index is 11.8. The molecule has 0 spiro atoms. The molecule has 0 aliphatic carbocycles. The molecule has 0 aromatic carbocycles. The minimum absolute atomic E-state index is 0.0227. The molecule has 1 aliphatic heterocycles. The zero-order chi connectivity index (χ0) is 13.0. The summed E-state index contributed by atoms with van der Waals surface area (Å²) in [5.74, 6) is -1.07. The van der Waals surface area contributed by atoms with Crippen molar-refractivity contribution < 1.29 is 19.4 Å². The number of carboxylic acid groups (broad SMARTS) is 1. The fourth-order valence-electron chi connectivity index (χ4n) is 1.55. The van der Waals surface area contributed by atoms with E-state index < -0.39 is 12.1 Å². The first-order valence-corrected chi connectivity index (χ1v) is 5.32. The Morgan fingerprint density at radius 1 is 1.44 bits per heavy atom. The van der Waals surface area contributed by atoms with Crippen molar-refractivity contribution in [3.8, 4) is 0 Å². The van der Waals surface area contributed by atoms with Crippen molar-refractivity contribution >= 4 is 17.7 Å². The molecular formula is C10H12N4O4. The van der Waals surface area contributed by atoms with Gasteiger partial charge in [0.25, 0.3) is 0 Å². The number of hydrogen-bond donors (Lipinski definition) is 2. The number of urea groups is 1. The fourth-order valence-corrected chi connectivity index (χ4v) is 1.55. The monoisotopic (exact) mass is 252 g/mol. The maximum atomic E-state index is 11.8. The van der Waals surface area contributed by atoms with Crippen LogP contribution in [-0.4, -0.2) is 57.8 Å². The van der Waals surface area contributed by atoms with Crippen molar-refractivity contribution in [2.45, 2.75) is 6.10 Å². The third-order valence-corrected chi connectivity index (χ3v) is 2.44. The summed E-state index contributed by atoms with van der Waals surface area (Å²) in [6.45, 7) is 0.577. The molecule has 1 aromatic heterocycles. The lowest BCUT2D eigenvalue weighted by atomic mass is 10.3. The van der Waals surface area contributed by atoms with Gasteiger partial charge in [-0.25, -0.2) is 19.6 Å². The van der Waals surface area contributed by atoms with Gasteiger partial charge in [-0.2, -0.15) is 0 Å². The predicted molar refractivity (Wildman–Crippen MR) is 60.0 cm³/mol. The van der Waals surface area contributed by atoms with Gasteiger partial charge in [-0.05, 0) is 0 Å². The van der Waals surface area contributed by atoms with Gasteiger partial charge in [-0.3, -0.25) is 0 Å². The average Bonchev–Trinajstić information content (AvgIpc) is 2.40. The molecule has 0 radical (unpaired) electrons. The summed E-state index contributed by atoms with van der Waals surface area (Å²) in [6.07, 6.45) is 3.29. The second kappa shape index (κ2) is 5.41. The number of carbonyl (C=O) groups is 2. The molecule has 1 atom stereocenters. The van der Waals surface area contributed by atoms with Crippen LogP contribution in [0, 0.1) is 0 Å². The van der Waals surface area contributed by atoms with Crippen LogP contribution >= 0.6 is 0 Å². The van der Waals surface area contributed by atoms with E-state index in [0.29, 0.717) is 12.2 Å². The topological polar surface area (TPSA) is 105 Å². The lowest BCUT2D eigenvalue weighted by Crippen LogP contribution is -2.49. The van der Waals surface area contributed by atoms with E-state index in [1.807, 2.05) is 0 Å². The molecule has 0 bridgehead atoms. The molecule has 18 heavy (non-hydrogen) atoms. The SMILES string of the molecule is O=C(O)C1CN(C(=O)Nc2cncnc2)CCO1. The smallest absolute Gasteiger partial charge is 0.334 e. The summed E-state index contributed by atoms with van der Waals surface area (Å²) in [7, 11) is 0. The Balaban J connectivity index is 1.95. The van der Waals surface area contributed by atoms with E-state index in [4.69, 9.17) is 9.84 Å². The van der Waals surface area contributed by atoms with Crippen molar-refractivity contribution in [3.63, 3.8) is 0 Å². The van der Waals surface area contributed by atoms with Crippen molar-refractivity contribution in [1.82, 2.24) is 14.9 Å². The first-order chi connectivity index (χ1) is 8.66. The van der Waals surface area contributed by atoms with E-state index in [-0.39, 0.29) is 19.2 Å². The molecule has 1 aromatic rings. The van der Waals surface area contributed by atoms with Gasteiger partial charge >= 0.3 is 12.0 Å². The summed E-state index contributed by atoms with van der Waals surface area (Å²) in [4.78, 5) is 31.5. The molecule has 2 amide bonds. The number of amides is 2. The third-order valence-electron chi connectivity index (χ3n) is 2.44. The van der Waals surface area contributed by atoms with Crippen molar-refractivity contribution in [2.75, 3.05) is 25.0 Å². The van der Waals surface area contributed by atoms with Crippen LogP contribution in [0.4, 0.5) is 10.5 Å². The molecule has 96 valence electrons. The van der Waals surface area contributed by atoms with E-state index in [9.17, 15) is 9.59 Å². The standard InChI is InChI=1S/C10H12N4O4/c15-9(16)8-5-14(1-2-18-8)10(17)13-7-3-11-6-12-4-7/h3-4,6,8H,1-2,5H2,(H,13,17)(H,15,16). The molecular weight excluding hydrogens is 240 g/mol. The summed E-state index contributed by atoms with van der Waals surface area (Å²) in [6, 6.07) is -0.389.